The minimum atomic E-state index is -0.674. The number of carbonyl (C=O) groups is 3. The van der Waals surface area contributed by atoms with Gasteiger partial charge >= 0.3 is 0 Å². The van der Waals surface area contributed by atoms with Gasteiger partial charge in [0.15, 0.2) is 0 Å². The van der Waals surface area contributed by atoms with Gasteiger partial charge in [0.1, 0.15) is 6.04 Å². The third-order valence-corrected chi connectivity index (χ3v) is 5.22. The molecule has 1 aliphatic heterocycles. The summed E-state index contributed by atoms with van der Waals surface area (Å²) in [6, 6.07) is 8.05. The van der Waals surface area contributed by atoms with E-state index in [-0.39, 0.29) is 24.8 Å². The molecule has 3 rings (SSSR count). The first-order valence-electron chi connectivity index (χ1n) is 8.19. The quantitative estimate of drug-likeness (QED) is 0.721. The summed E-state index contributed by atoms with van der Waals surface area (Å²) in [6.45, 7) is 0.606. The second-order valence-corrected chi connectivity index (χ2v) is 6.87. The van der Waals surface area contributed by atoms with Crippen molar-refractivity contribution < 1.29 is 19.5 Å². The largest absolute Gasteiger partial charge is 0.396 e. The molecule has 1 aromatic carbocycles. The normalized spacial score (nSPS) is 17.0. The maximum atomic E-state index is 12.9. The van der Waals surface area contributed by atoms with Crippen LogP contribution in [0.3, 0.4) is 0 Å². The molecular weight excluding hydrogens is 354 g/mol. The fourth-order valence-electron chi connectivity index (χ4n) is 2.98. The second-order valence-electron chi connectivity index (χ2n) is 5.96. The van der Waals surface area contributed by atoms with Crippen LogP contribution in [0.25, 0.3) is 11.1 Å². The van der Waals surface area contributed by atoms with Crippen molar-refractivity contribution >= 4 is 29.1 Å². The van der Waals surface area contributed by atoms with Crippen LogP contribution in [0, 0.1) is 0 Å². The Balaban J connectivity index is 1.87. The number of carbonyl (C=O) groups excluding carboxylic acids is 3. The van der Waals surface area contributed by atoms with E-state index >= 15 is 0 Å². The van der Waals surface area contributed by atoms with Gasteiger partial charge in [0.25, 0.3) is 11.8 Å². The van der Waals surface area contributed by atoms with Crippen LogP contribution in [0.4, 0.5) is 0 Å². The van der Waals surface area contributed by atoms with Gasteiger partial charge in [0.05, 0.1) is 4.88 Å². The predicted molar refractivity (Wildman–Crippen MR) is 97.8 cm³/mol. The average Bonchev–Trinajstić information content (AvgIpc) is 3.14. The zero-order valence-corrected chi connectivity index (χ0v) is 14.8. The third-order valence-electron chi connectivity index (χ3n) is 4.28. The summed E-state index contributed by atoms with van der Waals surface area (Å²) in [5, 5.41) is 13.7. The number of nitrogens with one attached hydrogen (secondary N) is 1. The van der Waals surface area contributed by atoms with Gasteiger partial charge in [-0.3, -0.25) is 14.4 Å². The van der Waals surface area contributed by atoms with Gasteiger partial charge in [-0.15, -0.1) is 11.3 Å². The van der Waals surface area contributed by atoms with Crippen LogP contribution in [0.1, 0.15) is 26.5 Å². The lowest BCUT2D eigenvalue weighted by molar-refractivity contribution is -0.128. The molecule has 1 saturated heterocycles. The number of amides is 3. The van der Waals surface area contributed by atoms with E-state index in [1.165, 1.54) is 16.2 Å². The summed E-state index contributed by atoms with van der Waals surface area (Å²) in [5.41, 5.74) is 7.34. The number of benzene rings is 1. The molecule has 26 heavy (non-hydrogen) atoms. The first kappa shape index (κ1) is 18.1. The molecule has 1 atom stereocenters. The van der Waals surface area contributed by atoms with Gasteiger partial charge in [0.2, 0.25) is 5.91 Å². The van der Waals surface area contributed by atoms with E-state index < -0.39 is 11.9 Å². The fourth-order valence-corrected chi connectivity index (χ4v) is 3.75. The van der Waals surface area contributed by atoms with Gasteiger partial charge in [-0.1, -0.05) is 12.1 Å². The van der Waals surface area contributed by atoms with E-state index in [1.54, 1.807) is 24.3 Å². The molecule has 0 radical (unpaired) electrons. The van der Waals surface area contributed by atoms with E-state index in [9.17, 15) is 19.5 Å². The van der Waals surface area contributed by atoms with Crippen LogP contribution >= 0.6 is 11.3 Å². The Kier molecular flexibility index (Phi) is 5.34. The number of primary amides is 1. The number of hydrogen-bond donors (Lipinski definition) is 3. The zero-order chi connectivity index (χ0) is 18.7. The molecule has 3 amide bonds. The zero-order valence-electron chi connectivity index (χ0n) is 14.0. The molecular formula is C18H19N3O4S. The fraction of sp³-hybridized carbons (Fsp3) is 0.278. The molecule has 136 valence electrons. The van der Waals surface area contributed by atoms with Crippen molar-refractivity contribution in [3.05, 3.63) is 46.2 Å². The van der Waals surface area contributed by atoms with Gasteiger partial charge in [-0.2, -0.15) is 0 Å². The molecule has 0 saturated carbocycles. The van der Waals surface area contributed by atoms with Crippen molar-refractivity contribution in [2.24, 2.45) is 5.73 Å². The minimum absolute atomic E-state index is 0.174. The van der Waals surface area contributed by atoms with E-state index in [0.29, 0.717) is 23.5 Å². The van der Waals surface area contributed by atoms with Crippen LogP contribution in [-0.2, 0) is 4.79 Å². The number of piperazine rings is 1. The number of rotatable bonds is 5. The Morgan fingerprint density at radius 3 is 2.81 bits per heavy atom. The van der Waals surface area contributed by atoms with Crippen LogP contribution in [0.15, 0.2) is 35.7 Å². The summed E-state index contributed by atoms with van der Waals surface area (Å²) in [4.78, 5) is 38.2. The monoisotopic (exact) mass is 373 g/mol. The highest BCUT2D eigenvalue weighted by Gasteiger charge is 2.33. The molecule has 0 bridgehead atoms. The molecule has 0 unspecified atom stereocenters. The first-order chi connectivity index (χ1) is 12.5. The van der Waals surface area contributed by atoms with Gasteiger partial charge in [0, 0.05) is 25.3 Å². The number of aliphatic hydroxyl groups is 1. The lowest BCUT2D eigenvalue weighted by atomic mass is 10.0. The molecule has 2 heterocycles. The highest BCUT2D eigenvalue weighted by atomic mass is 32.1. The lowest BCUT2D eigenvalue weighted by Crippen LogP contribution is -2.57. The SMILES string of the molecule is NC(=O)c1cc(-c2cccc(C(=O)N3CCNC(=O)[C@@H]3CCO)c2)cs1. The highest BCUT2D eigenvalue weighted by Crippen LogP contribution is 2.27. The summed E-state index contributed by atoms with van der Waals surface area (Å²) in [6.07, 6.45) is 0.198. The Morgan fingerprint density at radius 2 is 2.12 bits per heavy atom. The van der Waals surface area contributed by atoms with Crippen LogP contribution in [-0.4, -0.2) is 53.5 Å². The summed E-state index contributed by atoms with van der Waals surface area (Å²) < 4.78 is 0. The van der Waals surface area contributed by atoms with Gasteiger partial charge in [-0.25, -0.2) is 0 Å². The second kappa shape index (κ2) is 7.67. The maximum Gasteiger partial charge on any atom is 0.258 e. The summed E-state index contributed by atoms with van der Waals surface area (Å²) in [5.74, 6) is -0.996. The third kappa shape index (κ3) is 3.61. The summed E-state index contributed by atoms with van der Waals surface area (Å²) in [7, 11) is 0. The molecule has 4 N–H and O–H groups in total. The standard InChI is InChI=1S/C18H19N3O4S/c19-16(23)15-9-13(10-26-15)11-2-1-3-12(8-11)18(25)21-6-5-20-17(24)14(21)4-7-22/h1-3,8-10,14,22H,4-7H2,(H2,19,23)(H,20,24)/t14-/m0/s1. The minimum Gasteiger partial charge on any atom is -0.396 e. The van der Waals surface area contributed by atoms with Crippen molar-refractivity contribution in [1.82, 2.24) is 10.2 Å². The van der Waals surface area contributed by atoms with Crippen molar-refractivity contribution in [3.8, 4) is 11.1 Å². The number of hydrogen-bond acceptors (Lipinski definition) is 5. The van der Waals surface area contributed by atoms with Crippen LogP contribution in [0.2, 0.25) is 0 Å². The van der Waals surface area contributed by atoms with E-state index in [1.807, 2.05) is 11.4 Å². The Morgan fingerprint density at radius 1 is 1.31 bits per heavy atom. The number of thiophene rings is 1. The molecule has 8 heteroatoms. The maximum absolute atomic E-state index is 12.9. The summed E-state index contributed by atoms with van der Waals surface area (Å²) >= 11 is 1.25. The molecule has 1 fully saturated rings. The molecule has 1 aromatic heterocycles. The smallest absolute Gasteiger partial charge is 0.258 e. The van der Waals surface area contributed by atoms with Crippen molar-refractivity contribution in [3.63, 3.8) is 0 Å². The molecule has 1 aliphatic rings. The molecule has 0 aliphatic carbocycles. The predicted octanol–water partition coefficient (Wildman–Crippen LogP) is 0.837. The van der Waals surface area contributed by atoms with Gasteiger partial charge < -0.3 is 21.1 Å². The van der Waals surface area contributed by atoms with E-state index in [2.05, 4.69) is 5.32 Å². The average molecular weight is 373 g/mol. The van der Waals surface area contributed by atoms with Crippen molar-refractivity contribution in [2.45, 2.75) is 12.5 Å². The van der Waals surface area contributed by atoms with E-state index in [4.69, 9.17) is 5.73 Å². The number of nitrogens with two attached hydrogens (primary N) is 1. The molecule has 2 aromatic rings. The topological polar surface area (TPSA) is 113 Å². The molecule has 0 spiro atoms. The first-order valence-corrected chi connectivity index (χ1v) is 9.07. The number of nitrogens with zero attached hydrogens (tertiary/aromatic N) is 1. The lowest BCUT2D eigenvalue weighted by Gasteiger charge is -2.34. The van der Waals surface area contributed by atoms with Crippen LogP contribution in [0.5, 0.6) is 0 Å². The Bertz CT molecular complexity index is 848. The van der Waals surface area contributed by atoms with Crippen molar-refractivity contribution in [1.29, 1.82) is 0 Å². The Labute approximate surface area is 154 Å². The van der Waals surface area contributed by atoms with Crippen LogP contribution < -0.4 is 11.1 Å². The Hall–Kier alpha value is -2.71. The highest BCUT2D eigenvalue weighted by molar-refractivity contribution is 7.12. The van der Waals surface area contributed by atoms with Gasteiger partial charge in [-0.05, 0) is 41.1 Å². The molecule has 7 nitrogen and oxygen atoms in total. The van der Waals surface area contributed by atoms with Crippen molar-refractivity contribution in [2.75, 3.05) is 19.7 Å². The van der Waals surface area contributed by atoms with E-state index in [0.717, 1.165) is 11.1 Å². The number of aliphatic hydroxyl groups excluding tert-OH is 1.